The summed E-state index contributed by atoms with van der Waals surface area (Å²) in [5.41, 5.74) is 2.65. The Labute approximate surface area is 176 Å². The summed E-state index contributed by atoms with van der Waals surface area (Å²) < 4.78 is 14.4. The number of aromatic hydroxyl groups is 1. The molecule has 0 aliphatic rings. The molecule has 1 heterocycles. The Morgan fingerprint density at radius 1 is 1.20 bits per heavy atom. The molecule has 1 amide bonds. The SMILES string of the molecule is Cc1ccc(C(CC(=O)O)NC(=O)c2cc(O)n(-c3ccc(F)c(Cl)c3)n2)c(C)c1. The van der Waals surface area contributed by atoms with Crippen molar-refractivity contribution in [2.24, 2.45) is 0 Å². The summed E-state index contributed by atoms with van der Waals surface area (Å²) in [5.74, 6) is -2.72. The van der Waals surface area contributed by atoms with E-state index in [1.807, 2.05) is 26.0 Å². The van der Waals surface area contributed by atoms with E-state index in [9.17, 15) is 24.2 Å². The van der Waals surface area contributed by atoms with E-state index in [4.69, 9.17) is 11.6 Å². The molecule has 1 atom stereocenters. The highest BCUT2D eigenvalue weighted by molar-refractivity contribution is 6.30. The molecule has 7 nitrogen and oxygen atoms in total. The van der Waals surface area contributed by atoms with Crippen LogP contribution in [0, 0.1) is 19.7 Å². The molecule has 0 radical (unpaired) electrons. The third-order valence-corrected chi connectivity index (χ3v) is 4.85. The highest BCUT2D eigenvalue weighted by atomic mass is 35.5. The molecule has 3 rings (SSSR count). The summed E-state index contributed by atoms with van der Waals surface area (Å²) in [4.78, 5) is 24.1. The van der Waals surface area contributed by atoms with Gasteiger partial charge < -0.3 is 15.5 Å². The second-order valence-corrected chi connectivity index (χ2v) is 7.29. The van der Waals surface area contributed by atoms with Crippen LogP contribution in [-0.2, 0) is 4.79 Å². The molecule has 3 N–H and O–H groups in total. The first kappa shape index (κ1) is 21.3. The predicted molar refractivity (Wildman–Crippen MR) is 109 cm³/mol. The van der Waals surface area contributed by atoms with Crippen LogP contribution in [0.1, 0.15) is 39.6 Å². The number of amides is 1. The number of aromatic nitrogens is 2. The molecular weight excluding hydrogens is 413 g/mol. The third kappa shape index (κ3) is 4.60. The molecule has 0 spiro atoms. The molecule has 0 saturated heterocycles. The Balaban J connectivity index is 1.89. The molecule has 1 aromatic heterocycles. The average Bonchev–Trinajstić information content (AvgIpc) is 3.05. The largest absolute Gasteiger partial charge is 0.493 e. The lowest BCUT2D eigenvalue weighted by Crippen LogP contribution is -2.31. The summed E-state index contributed by atoms with van der Waals surface area (Å²) in [7, 11) is 0. The van der Waals surface area contributed by atoms with Gasteiger partial charge in [-0.15, -0.1) is 0 Å². The summed E-state index contributed by atoms with van der Waals surface area (Å²) in [6.07, 6.45) is -0.324. The van der Waals surface area contributed by atoms with Crippen LogP contribution in [-0.4, -0.2) is 31.9 Å². The maximum Gasteiger partial charge on any atom is 0.305 e. The van der Waals surface area contributed by atoms with Crippen molar-refractivity contribution < 1.29 is 24.2 Å². The molecule has 9 heteroatoms. The Morgan fingerprint density at radius 3 is 2.57 bits per heavy atom. The zero-order valence-electron chi connectivity index (χ0n) is 16.2. The summed E-state index contributed by atoms with van der Waals surface area (Å²) in [6.45, 7) is 3.75. The maximum atomic E-state index is 13.4. The molecule has 1 unspecified atom stereocenters. The van der Waals surface area contributed by atoms with Crippen molar-refractivity contribution in [2.75, 3.05) is 0 Å². The third-order valence-electron chi connectivity index (χ3n) is 4.56. The first-order valence-corrected chi connectivity index (χ1v) is 9.37. The van der Waals surface area contributed by atoms with Crippen LogP contribution < -0.4 is 5.32 Å². The lowest BCUT2D eigenvalue weighted by atomic mass is 9.97. The number of carboxylic acid groups (broad SMARTS) is 1. The zero-order chi connectivity index (χ0) is 22.0. The molecular formula is C21H19ClFN3O4. The minimum atomic E-state index is -1.07. The second kappa shape index (κ2) is 8.54. The van der Waals surface area contributed by atoms with E-state index in [0.717, 1.165) is 27.9 Å². The zero-order valence-corrected chi connectivity index (χ0v) is 16.9. The number of carboxylic acids is 1. The lowest BCUT2D eigenvalue weighted by molar-refractivity contribution is -0.137. The van der Waals surface area contributed by atoms with Crippen molar-refractivity contribution in [3.8, 4) is 11.6 Å². The average molecular weight is 432 g/mol. The van der Waals surface area contributed by atoms with E-state index in [1.165, 1.54) is 12.1 Å². The number of nitrogens with zero attached hydrogens (tertiary/aromatic N) is 2. The number of rotatable bonds is 6. The molecule has 0 aliphatic heterocycles. The number of halogens is 2. The van der Waals surface area contributed by atoms with E-state index in [2.05, 4.69) is 10.4 Å². The minimum Gasteiger partial charge on any atom is -0.493 e. The van der Waals surface area contributed by atoms with Crippen molar-refractivity contribution in [1.29, 1.82) is 0 Å². The number of benzene rings is 2. The molecule has 0 fully saturated rings. The van der Waals surface area contributed by atoms with Crippen LogP contribution in [0.3, 0.4) is 0 Å². The van der Waals surface area contributed by atoms with Gasteiger partial charge in [0.25, 0.3) is 5.91 Å². The first-order chi connectivity index (χ1) is 14.2. The van der Waals surface area contributed by atoms with Gasteiger partial charge in [-0.1, -0.05) is 35.4 Å². The van der Waals surface area contributed by atoms with Gasteiger partial charge in [-0.2, -0.15) is 5.10 Å². The van der Waals surface area contributed by atoms with Crippen LogP contribution >= 0.6 is 11.6 Å². The van der Waals surface area contributed by atoms with Gasteiger partial charge in [0.15, 0.2) is 5.69 Å². The van der Waals surface area contributed by atoms with Gasteiger partial charge in [0.05, 0.1) is 23.2 Å². The van der Waals surface area contributed by atoms with Crippen LogP contribution in [0.15, 0.2) is 42.5 Å². The molecule has 3 aromatic rings. The van der Waals surface area contributed by atoms with Gasteiger partial charge in [0, 0.05) is 6.07 Å². The molecule has 0 bridgehead atoms. The van der Waals surface area contributed by atoms with Crippen molar-refractivity contribution in [3.05, 3.63) is 75.7 Å². The highest BCUT2D eigenvalue weighted by Gasteiger charge is 2.23. The van der Waals surface area contributed by atoms with E-state index < -0.39 is 23.7 Å². The van der Waals surface area contributed by atoms with E-state index in [0.29, 0.717) is 5.56 Å². The Morgan fingerprint density at radius 2 is 1.93 bits per heavy atom. The second-order valence-electron chi connectivity index (χ2n) is 6.88. The van der Waals surface area contributed by atoms with Crippen LogP contribution in [0.4, 0.5) is 4.39 Å². The Bertz CT molecular complexity index is 1130. The number of aryl methyl sites for hydroxylation is 2. The van der Waals surface area contributed by atoms with Gasteiger partial charge in [-0.3, -0.25) is 9.59 Å². The smallest absolute Gasteiger partial charge is 0.305 e. The lowest BCUT2D eigenvalue weighted by Gasteiger charge is -2.19. The molecule has 0 aliphatic carbocycles. The molecule has 0 saturated carbocycles. The summed E-state index contributed by atoms with van der Waals surface area (Å²) in [5, 5.41) is 26.0. The summed E-state index contributed by atoms with van der Waals surface area (Å²) >= 11 is 5.76. The van der Waals surface area contributed by atoms with Gasteiger partial charge >= 0.3 is 5.97 Å². The quantitative estimate of drug-likeness (QED) is 0.548. The van der Waals surface area contributed by atoms with Crippen LogP contribution in [0.2, 0.25) is 5.02 Å². The van der Waals surface area contributed by atoms with Crippen molar-refractivity contribution in [3.63, 3.8) is 0 Å². The van der Waals surface area contributed by atoms with Crippen LogP contribution in [0.25, 0.3) is 5.69 Å². The molecule has 2 aromatic carbocycles. The van der Waals surface area contributed by atoms with Gasteiger partial charge in [-0.25, -0.2) is 9.07 Å². The van der Waals surface area contributed by atoms with Crippen molar-refractivity contribution >= 4 is 23.5 Å². The van der Waals surface area contributed by atoms with Gasteiger partial charge in [0.2, 0.25) is 5.88 Å². The number of hydrogen-bond donors (Lipinski definition) is 3. The van der Waals surface area contributed by atoms with Gasteiger partial charge in [0.1, 0.15) is 5.82 Å². The van der Waals surface area contributed by atoms with Crippen molar-refractivity contribution in [1.82, 2.24) is 15.1 Å². The normalized spacial score (nSPS) is 11.9. The monoisotopic (exact) mass is 431 g/mol. The topological polar surface area (TPSA) is 104 Å². The minimum absolute atomic E-state index is 0.131. The highest BCUT2D eigenvalue weighted by Crippen LogP contribution is 2.25. The van der Waals surface area contributed by atoms with E-state index >= 15 is 0 Å². The first-order valence-electron chi connectivity index (χ1n) is 9.00. The summed E-state index contributed by atoms with van der Waals surface area (Å²) in [6, 6.07) is 9.57. The van der Waals surface area contributed by atoms with Crippen molar-refractivity contribution in [2.45, 2.75) is 26.3 Å². The number of nitrogens with one attached hydrogen (secondary N) is 1. The molecule has 30 heavy (non-hydrogen) atoms. The fraction of sp³-hybridized carbons (Fsp3) is 0.190. The fourth-order valence-electron chi connectivity index (χ4n) is 3.15. The molecule has 156 valence electrons. The number of carbonyl (C=O) groups is 2. The standard InChI is InChI=1S/C21H19ClFN3O4/c1-11-3-5-14(12(2)7-11)17(10-20(28)29)24-21(30)18-9-19(27)26(25-18)13-4-6-16(23)15(22)8-13/h3-9,17,27H,10H2,1-2H3,(H,24,30)(H,28,29). The number of hydrogen-bond acceptors (Lipinski definition) is 4. The Kier molecular flexibility index (Phi) is 6.07. The fourth-order valence-corrected chi connectivity index (χ4v) is 3.33. The predicted octanol–water partition coefficient (Wildman–Crippen LogP) is 3.93. The van der Waals surface area contributed by atoms with E-state index in [1.54, 1.807) is 6.07 Å². The van der Waals surface area contributed by atoms with Crippen LogP contribution in [0.5, 0.6) is 5.88 Å². The Hall–Kier alpha value is -3.39. The maximum absolute atomic E-state index is 13.4. The number of carbonyl (C=O) groups excluding carboxylic acids is 1. The van der Waals surface area contributed by atoms with Gasteiger partial charge in [-0.05, 0) is 43.2 Å². The number of aliphatic carboxylic acids is 1. The van der Waals surface area contributed by atoms with E-state index in [-0.39, 0.29) is 28.7 Å².